The minimum Gasteiger partial charge on any atom is -0.376 e. The molecule has 0 spiro atoms. The van der Waals surface area contributed by atoms with E-state index in [-0.39, 0.29) is 24.3 Å². The minimum absolute atomic E-state index is 0.0141. The zero-order valence-corrected chi connectivity index (χ0v) is 15.5. The van der Waals surface area contributed by atoms with Crippen molar-refractivity contribution >= 4 is 17.2 Å². The average molecular weight is 375 g/mol. The third-order valence-corrected chi connectivity index (χ3v) is 5.45. The number of aliphatic imine (C=N–C) groups is 1. The number of ketones is 1. The van der Waals surface area contributed by atoms with Gasteiger partial charge < -0.3 is 5.32 Å². The maximum atomic E-state index is 14.2. The maximum absolute atomic E-state index is 14.2. The highest BCUT2D eigenvalue weighted by Crippen LogP contribution is 2.44. The summed E-state index contributed by atoms with van der Waals surface area (Å²) in [6.07, 6.45) is 1.51. The SMILES string of the molecule is Cc1ccc([C@H]2Nc3cc(F)cc4c3C(=NCC4=O)C2c2ncnn2C)cc1. The lowest BCUT2D eigenvalue weighted by Crippen LogP contribution is -2.37. The molecule has 0 aliphatic carbocycles. The summed E-state index contributed by atoms with van der Waals surface area (Å²) in [7, 11) is 1.84. The van der Waals surface area contributed by atoms with Crippen LogP contribution in [0.1, 0.15) is 44.8 Å². The predicted molar refractivity (Wildman–Crippen MR) is 103 cm³/mol. The van der Waals surface area contributed by atoms with Gasteiger partial charge in [0.05, 0.1) is 17.7 Å². The molecule has 3 aromatic rings. The monoisotopic (exact) mass is 375 g/mol. The Kier molecular flexibility index (Phi) is 3.65. The van der Waals surface area contributed by atoms with Gasteiger partial charge >= 0.3 is 0 Å². The standard InChI is InChI=1S/C21H18FN5O/c1-11-3-5-12(6-4-11)19-18(21-24-10-25-27(21)2)20-17-14(16(28)9-23-20)7-13(22)8-15(17)26-19/h3-8,10,18-19,26H,9H2,1-2H3/t18?,19-/m1/s1. The zero-order chi connectivity index (χ0) is 19.4. The number of halogens is 1. The molecule has 6 nitrogen and oxygen atoms in total. The van der Waals surface area contributed by atoms with E-state index in [0.29, 0.717) is 16.8 Å². The van der Waals surface area contributed by atoms with Gasteiger partial charge in [0.2, 0.25) is 0 Å². The summed E-state index contributed by atoms with van der Waals surface area (Å²) < 4.78 is 15.9. The van der Waals surface area contributed by atoms with Gasteiger partial charge in [0.15, 0.2) is 5.78 Å². The molecule has 3 heterocycles. The van der Waals surface area contributed by atoms with Crippen LogP contribution >= 0.6 is 0 Å². The first kappa shape index (κ1) is 16.8. The second kappa shape index (κ2) is 6.09. The lowest BCUT2D eigenvalue weighted by atomic mass is 9.78. The number of Topliss-reactive ketones (excluding diaryl/α,β-unsaturated/α-hetero) is 1. The average Bonchev–Trinajstić information content (AvgIpc) is 3.10. The van der Waals surface area contributed by atoms with Crippen molar-refractivity contribution < 1.29 is 9.18 Å². The molecule has 2 aliphatic rings. The lowest BCUT2D eigenvalue weighted by Gasteiger charge is -2.37. The van der Waals surface area contributed by atoms with Gasteiger partial charge in [-0.15, -0.1) is 0 Å². The van der Waals surface area contributed by atoms with Crippen LogP contribution in [-0.2, 0) is 7.05 Å². The lowest BCUT2D eigenvalue weighted by molar-refractivity contribution is 0.0999. The molecule has 2 atom stereocenters. The number of hydrogen-bond acceptors (Lipinski definition) is 5. The highest BCUT2D eigenvalue weighted by atomic mass is 19.1. The fourth-order valence-corrected chi connectivity index (χ4v) is 4.11. The molecule has 2 aliphatic heterocycles. The minimum atomic E-state index is -0.435. The van der Waals surface area contributed by atoms with E-state index in [2.05, 4.69) is 32.5 Å². The van der Waals surface area contributed by atoms with Crippen LogP contribution in [0.2, 0.25) is 0 Å². The molecule has 0 saturated heterocycles. The largest absolute Gasteiger partial charge is 0.376 e. The molecule has 1 N–H and O–H groups in total. The van der Waals surface area contributed by atoms with Crippen LogP contribution in [0.25, 0.3) is 0 Å². The smallest absolute Gasteiger partial charge is 0.185 e. The van der Waals surface area contributed by atoms with Crippen molar-refractivity contribution in [1.82, 2.24) is 14.8 Å². The molecule has 7 heteroatoms. The number of rotatable bonds is 2. The summed E-state index contributed by atoms with van der Waals surface area (Å²) in [5, 5.41) is 7.67. The van der Waals surface area contributed by atoms with E-state index in [0.717, 1.165) is 22.7 Å². The first-order valence-corrected chi connectivity index (χ1v) is 9.11. The summed E-state index contributed by atoms with van der Waals surface area (Å²) >= 11 is 0. The van der Waals surface area contributed by atoms with Crippen molar-refractivity contribution in [2.45, 2.75) is 18.9 Å². The van der Waals surface area contributed by atoms with Crippen LogP contribution in [0.5, 0.6) is 0 Å². The van der Waals surface area contributed by atoms with Gasteiger partial charge in [-0.2, -0.15) is 5.10 Å². The van der Waals surface area contributed by atoms with Crippen molar-refractivity contribution in [1.29, 1.82) is 0 Å². The van der Waals surface area contributed by atoms with Gasteiger partial charge in [-0.3, -0.25) is 14.5 Å². The molecule has 1 unspecified atom stereocenters. The Morgan fingerprint density at radius 3 is 2.71 bits per heavy atom. The van der Waals surface area contributed by atoms with Crippen LogP contribution in [0, 0.1) is 12.7 Å². The maximum Gasteiger partial charge on any atom is 0.185 e. The van der Waals surface area contributed by atoms with Crippen LogP contribution in [0.3, 0.4) is 0 Å². The first-order chi connectivity index (χ1) is 13.5. The van der Waals surface area contributed by atoms with Gasteiger partial charge in [0, 0.05) is 23.9 Å². The van der Waals surface area contributed by atoms with Crippen LogP contribution in [0.4, 0.5) is 10.1 Å². The van der Waals surface area contributed by atoms with Crippen molar-refractivity contribution in [2.75, 3.05) is 11.9 Å². The molecule has 1 aromatic heterocycles. The third kappa shape index (κ3) is 2.46. The molecule has 140 valence electrons. The van der Waals surface area contributed by atoms with Crippen molar-refractivity contribution in [3.8, 4) is 0 Å². The van der Waals surface area contributed by atoms with E-state index < -0.39 is 5.82 Å². The number of nitrogens with one attached hydrogen (secondary N) is 1. The van der Waals surface area contributed by atoms with Crippen LogP contribution in [-0.4, -0.2) is 32.8 Å². The molecule has 0 amide bonds. The van der Waals surface area contributed by atoms with E-state index in [9.17, 15) is 9.18 Å². The molecule has 0 fully saturated rings. The Hall–Kier alpha value is -3.35. The van der Waals surface area contributed by atoms with Crippen LogP contribution < -0.4 is 5.32 Å². The Balaban J connectivity index is 1.76. The second-order valence-corrected chi connectivity index (χ2v) is 7.25. The molecule has 0 saturated carbocycles. The van der Waals surface area contributed by atoms with Crippen molar-refractivity contribution in [3.05, 3.63) is 76.6 Å². The number of hydrogen-bond donors (Lipinski definition) is 1. The number of benzene rings is 2. The molecule has 5 rings (SSSR count). The number of aromatic nitrogens is 3. The topological polar surface area (TPSA) is 72.2 Å². The molecular formula is C21H18FN5O. The van der Waals surface area contributed by atoms with Gasteiger partial charge in [-0.05, 0) is 24.6 Å². The zero-order valence-electron chi connectivity index (χ0n) is 15.5. The molecule has 28 heavy (non-hydrogen) atoms. The fraction of sp³-hybridized carbons (Fsp3) is 0.238. The molecule has 0 bridgehead atoms. The number of anilines is 1. The Labute approximate surface area is 161 Å². The summed E-state index contributed by atoms with van der Waals surface area (Å²) in [5.74, 6) is -0.116. The van der Waals surface area contributed by atoms with Gasteiger partial charge in [0.25, 0.3) is 0 Å². The Morgan fingerprint density at radius 2 is 2.00 bits per heavy atom. The van der Waals surface area contributed by atoms with E-state index in [4.69, 9.17) is 0 Å². The van der Waals surface area contributed by atoms with Gasteiger partial charge in [-0.25, -0.2) is 9.37 Å². The predicted octanol–water partition coefficient (Wildman–Crippen LogP) is 3.20. The summed E-state index contributed by atoms with van der Waals surface area (Å²) in [6, 6.07) is 10.7. The second-order valence-electron chi connectivity index (χ2n) is 7.25. The fourth-order valence-electron chi connectivity index (χ4n) is 4.11. The van der Waals surface area contributed by atoms with E-state index >= 15 is 0 Å². The van der Waals surface area contributed by atoms with Crippen molar-refractivity contribution in [2.24, 2.45) is 12.0 Å². The first-order valence-electron chi connectivity index (χ1n) is 9.11. The Morgan fingerprint density at radius 1 is 1.21 bits per heavy atom. The highest BCUT2D eigenvalue weighted by Gasteiger charge is 2.41. The van der Waals surface area contributed by atoms with E-state index in [1.54, 1.807) is 4.68 Å². The molecule has 0 radical (unpaired) electrons. The summed E-state index contributed by atoms with van der Waals surface area (Å²) in [4.78, 5) is 21.5. The third-order valence-electron chi connectivity index (χ3n) is 5.45. The van der Waals surface area contributed by atoms with Crippen LogP contribution in [0.15, 0.2) is 47.7 Å². The number of aryl methyl sites for hydroxylation is 2. The van der Waals surface area contributed by atoms with E-state index in [1.807, 2.05) is 26.1 Å². The number of carbonyl (C=O) groups is 1. The van der Waals surface area contributed by atoms with Crippen molar-refractivity contribution in [3.63, 3.8) is 0 Å². The number of carbonyl (C=O) groups excluding carboxylic acids is 1. The normalized spacial score (nSPS) is 20.4. The molecule has 2 aromatic carbocycles. The Bertz CT molecular complexity index is 1130. The molecular weight excluding hydrogens is 357 g/mol. The van der Waals surface area contributed by atoms with Gasteiger partial charge in [-0.1, -0.05) is 29.8 Å². The number of nitrogens with zero attached hydrogens (tertiary/aromatic N) is 4. The van der Waals surface area contributed by atoms with E-state index in [1.165, 1.54) is 18.5 Å². The quantitative estimate of drug-likeness (QED) is 0.747. The highest BCUT2D eigenvalue weighted by molar-refractivity contribution is 6.21. The summed E-state index contributed by atoms with van der Waals surface area (Å²) in [6.45, 7) is 2.05. The van der Waals surface area contributed by atoms with Gasteiger partial charge in [0.1, 0.15) is 24.5 Å². The summed E-state index contributed by atoms with van der Waals surface area (Å²) in [5.41, 5.74) is 4.59.